The van der Waals surface area contributed by atoms with Crippen LogP contribution in [0.25, 0.3) is 0 Å². The highest BCUT2D eigenvalue weighted by Crippen LogP contribution is 2.31. The van der Waals surface area contributed by atoms with Crippen LogP contribution in [0.4, 0.5) is 0 Å². The normalized spacial score (nSPS) is 19.2. The van der Waals surface area contributed by atoms with Gasteiger partial charge in [-0.2, -0.15) is 5.10 Å². The van der Waals surface area contributed by atoms with Crippen LogP contribution in [-0.2, 0) is 6.54 Å². The maximum Gasteiger partial charge on any atom is 0.0534 e. The molecule has 0 amide bonds. The number of nitrogens with one attached hydrogen (secondary N) is 1. The minimum Gasteiger partial charge on any atom is -0.307 e. The summed E-state index contributed by atoms with van der Waals surface area (Å²) in [7, 11) is 0. The summed E-state index contributed by atoms with van der Waals surface area (Å²) in [4.78, 5) is 0. The van der Waals surface area contributed by atoms with Crippen molar-refractivity contribution < 1.29 is 0 Å². The molecule has 0 bridgehead atoms. The molecule has 1 aliphatic rings. The molecule has 0 unspecified atom stereocenters. The fourth-order valence-corrected chi connectivity index (χ4v) is 1.95. The van der Waals surface area contributed by atoms with Gasteiger partial charge in [-0.25, -0.2) is 0 Å². The van der Waals surface area contributed by atoms with Crippen LogP contribution in [-0.4, -0.2) is 15.3 Å². The molecule has 1 heterocycles. The zero-order valence-electron chi connectivity index (χ0n) is 9.95. The summed E-state index contributed by atoms with van der Waals surface area (Å²) in [5.41, 5.74) is 1.68. The summed E-state index contributed by atoms with van der Waals surface area (Å²) in [6.45, 7) is 7.56. The summed E-state index contributed by atoms with van der Waals surface area (Å²) in [5, 5.41) is 7.95. The Hall–Kier alpha value is -0.830. The van der Waals surface area contributed by atoms with Crippen molar-refractivity contribution in [1.82, 2.24) is 15.1 Å². The molecule has 1 fully saturated rings. The molecule has 1 saturated carbocycles. The Balaban J connectivity index is 1.88. The molecule has 1 aromatic heterocycles. The van der Waals surface area contributed by atoms with E-state index in [2.05, 4.69) is 37.4 Å². The van der Waals surface area contributed by atoms with Crippen molar-refractivity contribution in [2.45, 2.75) is 58.2 Å². The lowest BCUT2D eigenvalue weighted by Gasteiger charge is -2.39. The van der Waals surface area contributed by atoms with E-state index in [4.69, 9.17) is 0 Å². The lowest BCUT2D eigenvalue weighted by Crippen LogP contribution is -2.47. The third-order valence-electron chi connectivity index (χ3n) is 3.36. The highest BCUT2D eigenvalue weighted by molar-refractivity contribution is 5.05. The van der Waals surface area contributed by atoms with Crippen molar-refractivity contribution in [3.05, 3.63) is 18.0 Å². The summed E-state index contributed by atoms with van der Waals surface area (Å²) >= 11 is 0. The molecule has 2 rings (SSSR count). The zero-order valence-corrected chi connectivity index (χ0v) is 9.95. The predicted octanol–water partition coefficient (Wildman–Crippen LogP) is 2.50. The number of hydrogen-bond donors (Lipinski definition) is 1. The van der Waals surface area contributed by atoms with Gasteiger partial charge in [0.15, 0.2) is 0 Å². The molecular formula is C12H21N3. The number of nitrogens with zero attached hydrogens (tertiary/aromatic N) is 2. The van der Waals surface area contributed by atoms with Crippen molar-refractivity contribution in [2.24, 2.45) is 0 Å². The van der Waals surface area contributed by atoms with Crippen LogP contribution in [0.3, 0.4) is 0 Å². The van der Waals surface area contributed by atoms with Crippen molar-refractivity contribution in [2.75, 3.05) is 0 Å². The maximum absolute atomic E-state index is 4.34. The summed E-state index contributed by atoms with van der Waals surface area (Å²) < 4.78 is 2.01. The van der Waals surface area contributed by atoms with Gasteiger partial charge >= 0.3 is 0 Å². The van der Waals surface area contributed by atoms with Gasteiger partial charge in [0.05, 0.1) is 6.20 Å². The van der Waals surface area contributed by atoms with Crippen LogP contribution in [0, 0.1) is 0 Å². The monoisotopic (exact) mass is 207 g/mol. The fraction of sp³-hybridized carbons (Fsp3) is 0.750. The number of aromatic nitrogens is 2. The zero-order chi connectivity index (χ0) is 10.9. The van der Waals surface area contributed by atoms with Crippen molar-refractivity contribution in [3.8, 4) is 0 Å². The van der Waals surface area contributed by atoms with E-state index in [-0.39, 0.29) is 0 Å². The van der Waals surface area contributed by atoms with E-state index in [1.807, 2.05) is 10.9 Å². The molecule has 0 aromatic carbocycles. The summed E-state index contributed by atoms with van der Waals surface area (Å²) in [6, 6.07) is 0.457. The topological polar surface area (TPSA) is 29.9 Å². The molecule has 84 valence electrons. The lowest BCUT2D eigenvalue weighted by atomic mass is 9.78. The standard InChI is InChI=1S/C12H21N3/c1-10(2)15-9-11(8-14-15)7-13-12(3)5-4-6-12/h8-10,13H,4-7H2,1-3H3. The third kappa shape index (κ3) is 2.40. The maximum atomic E-state index is 4.34. The van der Waals surface area contributed by atoms with E-state index in [1.54, 1.807) is 0 Å². The molecule has 1 N–H and O–H groups in total. The number of rotatable bonds is 4. The molecule has 3 nitrogen and oxygen atoms in total. The average Bonchev–Trinajstić information content (AvgIpc) is 2.60. The second kappa shape index (κ2) is 3.97. The largest absolute Gasteiger partial charge is 0.307 e. The lowest BCUT2D eigenvalue weighted by molar-refractivity contribution is 0.207. The Labute approximate surface area is 91.9 Å². The van der Waals surface area contributed by atoms with Crippen molar-refractivity contribution in [3.63, 3.8) is 0 Å². The summed E-state index contributed by atoms with van der Waals surface area (Å²) in [6.07, 6.45) is 8.10. The first-order valence-electron chi connectivity index (χ1n) is 5.87. The van der Waals surface area contributed by atoms with Gasteiger partial charge in [0.2, 0.25) is 0 Å². The van der Waals surface area contributed by atoms with Gasteiger partial charge in [-0.05, 0) is 40.0 Å². The van der Waals surface area contributed by atoms with Gasteiger partial charge in [-0.1, -0.05) is 0 Å². The van der Waals surface area contributed by atoms with E-state index >= 15 is 0 Å². The van der Waals surface area contributed by atoms with E-state index in [0.29, 0.717) is 11.6 Å². The Morgan fingerprint density at radius 1 is 1.53 bits per heavy atom. The van der Waals surface area contributed by atoms with Crippen LogP contribution in [0.5, 0.6) is 0 Å². The van der Waals surface area contributed by atoms with E-state index in [1.165, 1.54) is 24.8 Å². The molecule has 1 aliphatic carbocycles. The quantitative estimate of drug-likeness (QED) is 0.822. The second-order valence-corrected chi connectivity index (χ2v) is 5.19. The highest BCUT2D eigenvalue weighted by Gasteiger charge is 2.30. The van der Waals surface area contributed by atoms with Crippen molar-refractivity contribution in [1.29, 1.82) is 0 Å². The molecule has 1 aromatic rings. The van der Waals surface area contributed by atoms with E-state index in [9.17, 15) is 0 Å². The van der Waals surface area contributed by atoms with Crippen molar-refractivity contribution >= 4 is 0 Å². The van der Waals surface area contributed by atoms with E-state index in [0.717, 1.165) is 6.54 Å². The van der Waals surface area contributed by atoms with E-state index < -0.39 is 0 Å². The second-order valence-electron chi connectivity index (χ2n) is 5.19. The SMILES string of the molecule is CC(C)n1cc(CNC2(C)CCC2)cn1. The van der Waals surface area contributed by atoms with Gasteiger partial charge in [0, 0.05) is 29.9 Å². The Morgan fingerprint density at radius 2 is 2.27 bits per heavy atom. The predicted molar refractivity (Wildman–Crippen MR) is 61.7 cm³/mol. The molecule has 0 aliphatic heterocycles. The Morgan fingerprint density at radius 3 is 2.73 bits per heavy atom. The van der Waals surface area contributed by atoms with Gasteiger partial charge < -0.3 is 5.32 Å². The highest BCUT2D eigenvalue weighted by atomic mass is 15.3. The molecule has 0 atom stereocenters. The first kappa shape index (κ1) is 10.7. The minimum atomic E-state index is 0.389. The summed E-state index contributed by atoms with van der Waals surface area (Å²) in [5.74, 6) is 0. The molecule has 0 spiro atoms. The minimum absolute atomic E-state index is 0.389. The first-order valence-corrected chi connectivity index (χ1v) is 5.87. The fourth-order valence-electron chi connectivity index (χ4n) is 1.95. The van der Waals surface area contributed by atoms with Gasteiger partial charge in [0.1, 0.15) is 0 Å². The average molecular weight is 207 g/mol. The number of hydrogen-bond acceptors (Lipinski definition) is 2. The molecule has 0 radical (unpaired) electrons. The van der Waals surface area contributed by atoms with Gasteiger partial charge in [0.25, 0.3) is 0 Å². The third-order valence-corrected chi connectivity index (χ3v) is 3.36. The molecule has 15 heavy (non-hydrogen) atoms. The molecule has 3 heteroatoms. The van der Waals surface area contributed by atoms with Crippen LogP contribution in [0.2, 0.25) is 0 Å². The Bertz CT molecular complexity index is 323. The van der Waals surface area contributed by atoms with Crippen LogP contribution in [0.15, 0.2) is 12.4 Å². The smallest absolute Gasteiger partial charge is 0.0534 e. The van der Waals surface area contributed by atoms with Gasteiger partial charge in [-0.3, -0.25) is 4.68 Å². The van der Waals surface area contributed by atoms with Crippen LogP contribution < -0.4 is 5.32 Å². The molecule has 0 saturated heterocycles. The van der Waals surface area contributed by atoms with Crippen LogP contribution >= 0.6 is 0 Å². The van der Waals surface area contributed by atoms with Gasteiger partial charge in [-0.15, -0.1) is 0 Å². The Kier molecular flexibility index (Phi) is 2.83. The first-order chi connectivity index (χ1) is 7.09. The van der Waals surface area contributed by atoms with Crippen LogP contribution in [0.1, 0.15) is 51.6 Å². The molecular weight excluding hydrogens is 186 g/mol.